The second-order valence-electron chi connectivity index (χ2n) is 6.73. The van der Waals surface area contributed by atoms with E-state index in [4.69, 9.17) is 16.3 Å². The topological polar surface area (TPSA) is 58.6 Å². The van der Waals surface area contributed by atoms with Gasteiger partial charge >= 0.3 is 5.97 Å². The van der Waals surface area contributed by atoms with Gasteiger partial charge in [0, 0.05) is 42.0 Å². The van der Waals surface area contributed by atoms with Crippen molar-refractivity contribution in [2.75, 3.05) is 38.2 Å². The van der Waals surface area contributed by atoms with E-state index in [0.29, 0.717) is 18.1 Å². The van der Waals surface area contributed by atoms with Gasteiger partial charge in [-0.2, -0.15) is 5.10 Å². The van der Waals surface area contributed by atoms with E-state index < -0.39 is 6.04 Å². The molecule has 1 atom stereocenters. The van der Waals surface area contributed by atoms with E-state index >= 15 is 0 Å². The molecule has 0 N–H and O–H groups in total. The molecule has 6 nitrogen and oxygen atoms in total. The van der Waals surface area contributed by atoms with Gasteiger partial charge in [-0.05, 0) is 11.6 Å². The Balaban J connectivity index is 1.57. The first-order chi connectivity index (χ1) is 13.7. The van der Waals surface area contributed by atoms with E-state index in [1.54, 1.807) is 12.3 Å². The molecular formula is C21H21ClN4O2. The Hall–Kier alpha value is -2.70. The molecule has 2 heterocycles. The van der Waals surface area contributed by atoms with Crippen LogP contribution in [-0.2, 0) is 9.53 Å². The van der Waals surface area contributed by atoms with E-state index in [9.17, 15) is 4.79 Å². The lowest BCUT2D eigenvalue weighted by Gasteiger charge is -2.39. The fraction of sp³-hybridized carbons (Fsp3) is 0.286. The fourth-order valence-corrected chi connectivity index (χ4v) is 3.96. The summed E-state index contributed by atoms with van der Waals surface area (Å²) in [5.41, 5.74) is 0.773. The molecule has 1 aromatic heterocycles. The summed E-state index contributed by atoms with van der Waals surface area (Å²) in [6.07, 6.45) is 1.78. The quantitative estimate of drug-likeness (QED) is 0.630. The van der Waals surface area contributed by atoms with Gasteiger partial charge in [-0.15, -0.1) is 5.10 Å². The van der Waals surface area contributed by atoms with Crippen LogP contribution in [0.3, 0.4) is 0 Å². The molecular weight excluding hydrogens is 376 g/mol. The van der Waals surface area contributed by atoms with Crippen LogP contribution in [0.2, 0.25) is 5.02 Å². The summed E-state index contributed by atoms with van der Waals surface area (Å²) in [5.74, 6) is 0.580. The predicted octanol–water partition coefficient (Wildman–Crippen LogP) is 3.32. The Morgan fingerprint density at radius 2 is 1.79 bits per heavy atom. The number of ether oxygens (including phenoxy) is 1. The minimum Gasteiger partial charge on any atom is -0.468 e. The molecule has 1 aliphatic rings. The third kappa shape index (κ3) is 3.53. The Bertz CT molecular complexity index is 984. The first-order valence-corrected chi connectivity index (χ1v) is 9.58. The number of hydrogen-bond donors (Lipinski definition) is 0. The van der Waals surface area contributed by atoms with Crippen molar-refractivity contribution in [2.24, 2.45) is 0 Å². The number of nitrogens with zero attached hydrogens (tertiary/aromatic N) is 4. The molecule has 0 spiro atoms. The number of halogens is 1. The van der Waals surface area contributed by atoms with Gasteiger partial charge in [-0.1, -0.05) is 54.1 Å². The highest BCUT2D eigenvalue weighted by Gasteiger charge is 2.33. The van der Waals surface area contributed by atoms with Crippen LogP contribution in [0.25, 0.3) is 10.8 Å². The highest BCUT2D eigenvalue weighted by atomic mass is 35.5. The molecule has 7 heteroatoms. The number of benzene rings is 2. The second kappa shape index (κ2) is 8.12. The summed E-state index contributed by atoms with van der Waals surface area (Å²) < 4.78 is 5.07. The number of fused-ring (bicyclic) bond motifs is 1. The summed E-state index contributed by atoms with van der Waals surface area (Å²) in [6, 6.07) is 15.0. The summed E-state index contributed by atoms with van der Waals surface area (Å²) in [4.78, 5) is 16.9. The molecule has 0 amide bonds. The van der Waals surface area contributed by atoms with Crippen molar-refractivity contribution >= 4 is 34.2 Å². The van der Waals surface area contributed by atoms with Gasteiger partial charge < -0.3 is 9.64 Å². The molecule has 1 saturated heterocycles. The van der Waals surface area contributed by atoms with Crippen LogP contribution >= 0.6 is 11.6 Å². The predicted molar refractivity (Wildman–Crippen MR) is 110 cm³/mol. The number of piperazine rings is 1. The Kier molecular flexibility index (Phi) is 5.41. The fourth-order valence-electron chi connectivity index (χ4n) is 3.72. The number of esters is 1. The SMILES string of the molecule is COC(=O)[C@@H](c1ccccc1Cl)N1CCN(c2nncc3ccccc23)CC1. The number of rotatable bonds is 4. The standard InChI is InChI=1S/C21H21ClN4O2/c1-28-21(27)19(17-8-4-5-9-18(17)22)25-10-12-26(13-11-25)20-16-7-3-2-6-15(16)14-23-24-20/h2-9,14,19H,10-13H2,1H3/t19-/m1/s1. The average Bonchev–Trinajstić information content (AvgIpc) is 2.75. The average molecular weight is 397 g/mol. The lowest BCUT2D eigenvalue weighted by atomic mass is 10.0. The maximum Gasteiger partial charge on any atom is 0.327 e. The van der Waals surface area contributed by atoms with Crippen molar-refractivity contribution < 1.29 is 9.53 Å². The van der Waals surface area contributed by atoms with E-state index in [0.717, 1.165) is 35.2 Å². The third-order valence-corrected chi connectivity index (χ3v) is 5.50. The van der Waals surface area contributed by atoms with Crippen molar-refractivity contribution in [2.45, 2.75) is 6.04 Å². The second-order valence-corrected chi connectivity index (χ2v) is 7.13. The number of carbonyl (C=O) groups excluding carboxylic acids is 1. The van der Waals surface area contributed by atoms with Crippen LogP contribution in [0.15, 0.2) is 54.7 Å². The van der Waals surface area contributed by atoms with Crippen LogP contribution in [0.5, 0.6) is 0 Å². The number of anilines is 1. The molecule has 1 fully saturated rings. The normalized spacial score (nSPS) is 16.1. The Morgan fingerprint density at radius 3 is 2.54 bits per heavy atom. The number of hydrogen-bond acceptors (Lipinski definition) is 6. The molecule has 4 rings (SSSR count). The number of carbonyl (C=O) groups is 1. The molecule has 0 saturated carbocycles. The van der Waals surface area contributed by atoms with Gasteiger partial charge in [0.25, 0.3) is 0 Å². The first kappa shape index (κ1) is 18.7. The van der Waals surface area contributed by atoms with Crippen LogP contribution < -0.4 is 4.90 Å². The van der Waals surface area contributed by atoms with Crippen LogP contribution in [-0.4, -0.2) is 54.4 Å². The summed E-state index contributed by atoms with van der Waals surface area (Å²) in [6.45, 7) is 2.85. The molecule has 2 aromatic carbocycles. The summed E-state index contributed by atoms with van der Waals surface area (Å²) in [5, 5.41) is 11.2. The maximum atomic E-state index is 12.5. The van der Waals surface area contributed by atoms with E-state index in [1.807, 2.05) is 36.4 Å². The van der Waals surface area contributed by atoms with Gasteiger partial charge in [0.05, 0.1) is 13.3 Å². The molecule has 1 aliphatic heterocycles. The van der Waals surface area contributed by atoms with Crippen LogP contribution in [0.1, 0.15) is 11.6 Å². The van der Waals surface area contributed by atoms with E-state index in [1.165, 1.54) is 7.11 Å². The monoisotopic (exact) mass is 396 g/mol. The van der Waals surface area contributed by atoms with Gasteiger partial charge in [0.1, 0.15) is 6.04 Å². The molecule has 0 radical (unpaired) electrons. The van der Waals surface area contributed by atoms with E-state index in [-0.39, 0.29) is 5.97 Å². The third-order valence-electron chi connectivity index (χ3n) is 5.15. The number of aromatic nitrogens is 2. The zero-order valence-corrected chi connectivity index (χ0v) is 16.3. The summed E-state index contributed by atoms with van der Waals surface area (Å²) in [7, 11) is 1.41. The molecule has 3 aromatic rings. The molecule has 0 unspecified atom stereocenters. The zero-order valence-electron chi connectivity index (χ0n) is 15.6. The van der Waals surface area contributed by atoms with Gasteiger partial charge in [-0.3, -0.25) is 4.90 Å². The highest BCUT2D eigenvalue weighted by molar-refractivity contribution is 6.31. The Labute approximate surface area is 168 Å². The molecule has 0 bridgehead atoms. The lowest BCUT2D eigenvalue weighted by Crippen LogP contribution is -2.49. The van der Waals surface area contributed by atoms with Gasteiger partial charge in [0.15, 0.2) is 5.82 Å². The molecule has 0 aliphatic carbocycles. The zero-order chi connectivity index (χ0) is 19.5. The minimum atomic E-state index is -0.514. The summed E-state index contributed by atoms with van der Waals surface area (Å²) >= 11 is 6.37. The number of methoxy groups -OCH3 is 1. The maximum absolute atomic E-state index is 12.5. The van der Waals surface area contributed by atoms with Crippen LogP contribution in [0, 0.1) is 0 Å². The highest BCUT2D eigenvalue weighted by Crippen LogP contribution is 2.31. The largest absolute Gasteiger partial charge is 0.468 e. The van der Waals surface area contributed by atoms with Crippen molar-refractivity contribution in [1.82, 2.24) is 15.1 Å². The van der Waals surface area contributed by atoms with Gasteiger partial charge in [-0.25, -0.2) is 4.79 Å². The van der Waals surface area contributed by atoms with Crippen molar-refractivity contribution in [3.05, 3.63) is 65.3 Å². The van der Waals surface area contributed by atoms with Crippen LogP contribution in [0.4, 0.5) is 5.82 Å². The smallest absolute Gasteiger partial charge is 0.327 e. The Morgan fingerprint density at radius 1 is 1.07 bits per heavy atom. The van der Waals surface area contributed by atoms with Crippen molar-refractivity contribution in [1.29, 1.82) is 0 Å². The lowest BCUT2D eigenvalue weighted by molar-refractivity contribution is -0.147. The van der Waals surface area contributed by atoms with Crippen molar-refractivity contribution in [3.8, 4) is 0 Å². The van der Waals surface area contributed by atoms with Crippen molar-refractivity contribution in [3.63, 3.8) is 0 Å². The van der Waals surface area contributed by atoms with E-state index in [2.05, 4.69) is 26.1 Å². The molecule has 144 valence electrons. The van der Waals surface area contributed by atoms with Gasteiger partial charge in [0.2, 0.25) is 0 Å². The molecule has 28 heavy (non-hydrogen) atoms. The minimum absolute atomic E-state index is 0.300. The first-order valence-electron chi connectivity index (χ1n) is 9.20.